The van der Waals surface area contributed by atoms with Crippen molar-refractivity contribution in [3.05, 3.63) is 0 Å². The summed E-state index contributed by atoms with van der Waals surface area (Å²) in [6, 6.07) is 0.274. The summed E-state index contributed by atoms with van der Waals surface area (Å²) in [6.07, 6.45) is 0. The van der Waals surface area contributed by atoms with E-state index < -0.39 is 0 Å². The number of hydrogen-bond donors (Lipinski definition) is 2. The molecule has 78 valence electrons. The van der Waals surface area contributed by atoms with E-state index >= 15 is 0 Å². The maximum atomic E-state index is 11.2. The number of thioether (sulfide) groups is 1. The molecule has 0 fully saturated rings. The van der Waals surface area contributed by atoms with Gasteiger partial charge in [0.05, 0.1) is 6.54 Å². The molecular formula is C9H20N2OS. The summed E-state index contributed by atoms with van der Waals surface area (Å²) in [5, 5.41) is 5.92. The summed E-state index contributed by atoms with van der Waals surface area (Å²) in [4.78, 5) is 11.2. The van der Waals surface area contributed by atoms with E-state index in [-0.39, 0.29) is 11.9 Å². The van der Waals surface area contributed by atoms with Crippen molar-refractivity contribution in [1.82, 2.24) is 10.6 Å². The zero-order valence-corrected chi connectivity index (χ0v) is 9.54. The maximum absolute atomic E-state index is 11.2. The van der Waals surface area contributed by atoms with Crippen LogP contribution in [0, 0.1) is 0 Å². The molecule has 0 saturated carbocycles. The monoisotopic (exact) mass is 204 g/mol. The number of hydrogen-bond acceptors (Lipinski definition) is 3. The molecule has 1 unspecified atom stereocenters. The fourth-order valence-electron chi connectivity index (χ4n) is 0.901. The minimum Gasteiger partial charge on any atom is -0.352 e. The van der Waals surface area contributed by atoms with Crippen molar-refractivity contribution in [2.75, 3.05) is 24.6 Å². The van der Waals surface area contributed by atoms with Crippen molar-refractivity contribution >= 4 is 17.7 Å². The highest BCUT2D eigenvalue weighted by molar-refractivity contribution is 7.99. The average molecular weight is 204 g/mol. The van der Waals surface area contributed by atoms with Gasteiger partial charge in [-0.15, -0.1) is 0 Å². The smallest absolute Gasteiger partial charge is 0.234 e. The molecule has 0 heterocycles. The topological polar surface area (TPSA) is 41.1 Å². The van der Waals surface area contributed by atoms with Gasteiger partial charge in [0.15, 0.2) is 0 Å². The summed E-state index contributed by atoms with van der Waals surface area (Å²) in [5.74, 6) is 2.19. The summed E-state index contributed by atoms with van der Waals surface area (Å²) in [5.41, 5.74) is 0. The SMILES string of the molecule is CCNCC(=O)NC(C)CSCC. The highest BCUT2D eigenvalue weighted by Crippen LogP contribution is 2.00. The van der Waals surface area contributed by atoms with E-state index in [9.17, 15) is 4.79 Å². The first-order chi connectivity index (χ1) is 6.20. The van der Waals surface area contributed by atoms with Gasteiger partial charge in [0.2, 0.25) is 5.91 Å². The van der Waals surface area contributed by atoms with Crippen LogP contribution in [0.1, 0.15) is 20.8 Å². The third-order valence-electron chi connectivity index (χ3n) is 1.51. The average Bonchev–Trinajstić information content (AvgIpc) is 2.11. The predicted octanol–water partition coefficient (Wildman–Crippen LogP) is 0.854. The van der Waals surface area contributed by atoms with Gasteiger partial charge >= 0.3 is 0 Å². The summed E-state index contributed by atoms with van der Waals surface area (Å²) < 4.78 is 0. The highest BCUT2D eigenvalue weighted by atomic mass is 32.2. The van der Waals surface area contributed by atoms with Crippen molar-refractivity contribution in [1.29, 1.82) is 0 Å². The van der Waals surface area contributed by atoms with Crippen LogP contribution in [0.25, 0.3) is 0 Å². The van der Waals surface area contributed by atoms with E-state index in [2.05, 4.69) is 17.6 Å². The predicted molar refractivity (Wildman–Crippen MR) is 59.1 cm³/mol. The maximum Gasteiger partial charge on any atom is 0.234 e. The molecule has 3 nitrogen and oxygen atoms in total. The molecule has 0 spiro atoms. The number of likely N-dealkylation sites (N-methyl/N-ethyl adjacent to an activating group) is 1. The van der Waals surface area contributed by atoms with Crippen LogP contribution in [0.3, 0.4) is 0 Å². The molecule has 0 aromatic carbocycles. The normalized spacial score (nSPS) is 12.5. The van der Waals surface area contributed by atoms with Gasteiger partial charge in [-0.25, -0.2) is 0 Å². The van der Waals surface area contributed by atoms with Crippen LogP contribution < -0.4 is 10.6 Å². The Morgan fingerprint density at radius 1 is 1.46 bits per heavy atom. The first-order valence-corrected chi connectivity index (χ1v) is 5.94. The van der Waals surface area contributed by atoms with Gasteiger partial charge in [0.1, 0.15) is 0 Å². The quantitative estimate of drug-likeness (QED) is 0.646. The molecular weight excluding hydrogens is 184 g/mol. The van der Waals surface area contributed by atoms with E-state index in [0.717, 1.165) is 18.1 Å². The number of carbonyl (C=O) groups excluding carboxylic acids is 1. The number of nitrogens with one attached hydrogen (secondary N) is 2. The first-order valence-electron chi connectivity index (χ1n) is 4.78. The fourth-order valence-corrected chi connectivity index (χ4v) is 1.57. The van der Waals surface area contributed by atoms with Gasteiger partial charge in [-0.05, 0) is 19.2 Å². The Morgan fingerprint density at radius 2 is 2.15 bits per heavy atom. The van der Waals surface area contributed by atoms with Gasteiger partial charge in [-0.2, -0.15) is 11.8 Å². The number of amides is 1. The molecule has 0 bridgehead atoms. The van der Waals surface area contributed by atoms with E-state index in [1.165, 1.54) is 0 Å². The van der Waals surface area contributed by atoms with Gasteiger partial charge in [0, 0.05) is 11.8 Å². The van der Waals surface area contributed by atoms with Gasteiger partial charge < -0.3 is 10.6 Å². The third kappa shape index (κ3) is 8.12. The lowest BCUT2D eigenvalue weighted by atomic mass is 10.4. The second-order valence-electron chi connectivity index (χ2n) is 2.91. The molecule has 13 heavy (non-hydrogen) atoms. The van der Waals surface area contributed by atoms with E-state index in [0.29, 0.717) is 6.54 Å². The van der Waals surface area contributed by atoms with Crippen molar-refractivity contribution in [3.8, 4) is 0 Å². The lowest BCUT2D eigenvalue weighted by Crippen LogP contribution is -2.40. The van der Waals surface area contributed by atoms with Crippen LogP contribution in [0.4, 0.5) is 0 Å². The zero-order chi connectivity index (χ0) is 10.1. The molecule has 2 N–H and O–H groups in total. The minimum atomic E-state index is 0.0889. The van der Waals surface area contributed by atoms with E-state index in [4.69, 9.17) is 0 Å². The first kappa shape index (κ1) is 12.8. The molecule has 0 rings (SSSR count). The standard InChI is InChI=1S/C9H20N2OS/c1-4-10-6-9(12)11-8(3)7-13-5-2/h8,10H,4-7H2,1-3H3,(H,11,12). The van der Waals surface area contributed by atoms with E-state index in [1.54, 1.807) is 0 Å². The second-order valence-corrected chi connectivity index (χ2v) is 4.23. The summed E-state index contributed by atoms with van der Waals surface area (Å²) >= 11 is 1.85. The Kier molecular flexibility index (Phi) is 8.24. The molecule has 0 aromatic heterocycles. The van der Waals surface area contributed by atoms with Crippen LogP contribution in [0.15, 0.2) is 0 Å². The summed E-state index contributed by atoms with van der Waals surface area (Å²) in [6.45, 7) is 7.41. The molecule has 0 aliphatic heterocycles. The molecule has 0 aliphatic rings. The molecule has 0 radical (unpaired) electrons. The Hall–Kier alpha value is -0.220. The molecule has 0 saturated heterocycles. The van der Waals surface area contributed by atoms with Crippen LogP contribution in [-0.2, 0) is 4.79 Å². The Balaban J connectivity index is 3.41. The zero-order valence-electron chi connectivity index (χ0n) is 8.72. The lowest BCUT2D eigenvalue weighted by molar-refractivity contribution is -0.120. The molecule has 1 amide bonds. The lowest BCUT2D eigenvalue weighted by Gasteiger charge is -2.12. The minimum absolute atomic E-state index is 0.0889. The molecule has 1 atom stereocenters. The Bertz CT molecular complexity index is 142. The van der Waals surface area contributed by atoms with Crippen LogP contribution in [-0.4, -0.2) is 36.5 Å². The molecule has 0 aliphatic carbocycles. The van der Waals surface area contributed by atoms with Crippen LogP contribution >= 0.6 is 11.8 Å². The fraction of sp³-hybridized carbons (Fsp3) is 0.889. The van der Waals surface area contributed by atoms with Crippen molar-refractivity contribution < 1.29 is 4.79 Å². The Morgan fingerprint density at radius 3 is 2.69 bits per heavy atom. The van der Waals surface area contributed by atoms with Crippen molar-refractivity contribution in [3.63, 3.8) is 0 Å². The Labute approximate surface area is 85.0 Å². The summed E-state index contributed by atoms with van der Waals surface area (Å²) in [7, 11) is 0. The molecule has 4 heteroatoms. The van der Waals surface area contributed by atoms with Crippen molar-refractivity contribution in [2.24, 2.45) is 0 Å². The van der Waals surface area contributed by atoms with Crippen molar-refractivity contribution in [2.45, 2.75) is 26.8 Å². The third-order valence-corrected chi connectivity index (χ3v) is 2.66. The molecule has 0 aromatic rings. The van der Waals surface area contributed by atoms with Crippen LogP contribution in [0.2, 0.25) is 0 Å². The van der Waals surface area contributed by atoms with E-state index in [1.807, 2.05) is 25.6 Å². The van der Waals surface area contributed by atoms with Crippen LogP contribution in [0.5, 0.6) is 0 Å². The van der Waals surface area contributed by atoms with Gasteiger partial charge in [-0.1, -0.05) is 13.8 Å². The van der Waals surface area contributed by atoms with Gasteiger partial charge in [-0.3, -0.25) is 4.79 Å². The number of rotatable bonds is 7. The largest absolute Gasteiger partial charge is 0.352 e. The number of carbonyl (C=O) groups is 1. The second kappa shape index (κ2) is 8.38. The van der Waals surface area contributed by atoms with Gasteiger partial charge in [0.25, 0.3) is 0 Å². The highest BCUT2D eigenvalue weighted by Gasteiger charge is 2.05.